The average molecular weight is 393 g/mol. The molecule has 0 bridgehead atoms. The molecule has 0 spiro atoms. The summed E-state index contributed by atoms with van der Waals surface area (Å²) < 4.78 is 6.37. The van der Waals surface area contributed by atoms with E-state index in [0.29, 0.717) is 27.3 Å². The van der Waals surface area contributed by atoms with Gasteiger partial charge in [0.1, 0.15) is 10.6 Å². The third-order valence-corrected chi connectivity index (χ3v) is 5.28. The summed E-state index contributed by atoms with van der Waals surface area (Å²) >= 11 is 13.6. The van der Waals surface area contributed by atoms with Crippen LogP contribution in [-0.4, -0.2) is 18.7 Å². The van der Waals surface area contributed by atoms with Gasteiger partial charge in [0.05, 0.1) is 17.8 Å². The van der Waals surface area contributed by atoms with Crippen molar-refractivity contribution in [3.05, 3.63) is 63.0 Å². The maximum absolute atomic E-state index is 12.4. The van der Waals surface area contributed by atoms with E-state index in [-0.39, 0.29) is 5.91 Å². The Balaban J connectivity index is 1.78. The second kappa shape index (κ2) is 7.87. The van der Waals surface area contributed by atoms with Gasteiger partial charge in [0.25, 0.3) is 5.91 Å². The third kappa shape index (κ3) is 3.95. The molecule has 128 valence electrons. The van der Waals surface area contributed by atoms with Gasteiger partial charge in [-0.25, -0.2) is 5.43 Å². The minimum absolute atomic E-state index is 0.368. The number of para-hydroxylation sites is 1. The number of rotatable bonds is 5. The summed E-state index contributed by atoms with van der Waals surface area (Å²) in [5, 5.41) is 5.81. The molecule has 0 aliphatic heterocycles. The molecule has 0 fully saturated rings. The van der Waals surface area contributed by atoms with E-state index in [1.807, 2.05) is 31.2 Å². The lowest BCUT2D eigenvalue weighted by atomic mass is 10.2. The van der Waals surface area contributed by atoms with Crippen molar-refractivity contribution in [2.24, 2.45) is 5.10 Å². The van der Waals surface area contributed by atoms with Crippen LogP contribution in [0.3, 0.4) is 0 Å². The minimum atomic E-state index is -0.368. The zero-order valence-electron chi connectivity index (χ0n) is 13.3. The predicted octanol–water partition coefficient (Wildman–Crippen LogP) is 5.37. The summed E-state index contributed by atoms with van der Waals surface area (Å²) in [5.74, 6) is 0.338. The fourth-order valence-corrected chi connectivity index (χ4v) is 3.95. The van der Waals surface area contributed by atoms with Crippen LogP contribution in [0.4, 0.5) is 0 Å². The second-order valence-corrected chi connectivity index (χ2v) is 6.92. The molecule has 2 aromatic carbocycles. The van der Waals surface area contributed by atoms with Crippen LogP contribution in [0.5, 0.6) is 5.75 Å². The van der Waals surface area contributed by atoms with Gasteiger partial charge >= 0.3 is 0 Å². The van der Waals surface area contributed by atoms with Gasteiger partial charge in [0.15, 0.2) is 0 Å². The number of amides is 1. The normalized spacial score (nSPS) is 11.2. The number of hydrogen-bond acceptors (Lipinski definition) is 4. The quantitative estimate of drug-likeness (QED) is 0.468. The Bertz CT molecular complexity index is 953. The lowest BCUT2D eigenvalue weighted by Crippen LogP contribution is -2.16. The fraction of sp³-hybridized carbons (Fsp3) is 0.111. The lowest BCUT2D eigenvalue weighted by Gasteiger charge is -2.05. The highest BCUT2D eigenvalue weighted by atomic mass is 35.5. The molecule has 0 radical (unpaired) electrons. The van der Waals surface area contributed by atoms with E-state index in [1.165, 1.54) is 11.3 Å². The first-order chi connectivity index (χ1) is 12.1. The van der Waals surface area contributed by atoms with Gasteiger partial charge in [-0.15, -0.1) is 11.3 Å². The molecule has 1 aromatic heterocycles. The van der Waals surface area contributed by atoms with Crippen molar-refractivity contribution in [1.29, 1.82) is 0 Å². The van der Waals surface area contributed by atoms with E-state index in [2.05, 4.69) is 10.5 Å². The predicted molar refractivity (Wildman–Crippen MR) is 105 cm³/mol. The van der Waals surface area contributed by atoms with Crippen molar-refractivity contribution in [3.8, 4) is 5.75 Å². The number of carbonyl (C=O) groups is 1. The minimum Gasteiger partial charge on any atom is -0.493 e. The summed E-state index contributed by atoms with van der Waals surface area (Å²) in [4.78, 5) is 12.8. The van der Waals surface area contributed by atoms with E-state index < -0.39 is 0 Å². The molecule has 25 heavy (non-hydrogen) atoms. The van der Waals surface area contributed by atoms with Crippen LogP contribution in [0.15, 0.2) is 47.6 Å². The number of carbonyl (C=O) groups excluding carboxylic acids is 1. The molecule has 0 atom stereocenters. The summed E-state index contributed by atoms with van der Waals surface area (Å²) in [6.07, 6.45) is 1.54. The Morgan fingerprint density at radius 3 is 2.88 bits per heavy atom. The van der Waals surface area contributed by atoms with E-state index >= 15 is 0 Å². The molecule has 4 nitrogen and oxygen atoms in total. The number of thiophene rings is 1. The van der Waals surface area contributed by atoms with Gasteiger partial charge < -0.3 is 4.74 Å². The number of benzene rings is 2. The van der Waals surface area contributed by atoms with Crippen LogP contribution in [0.2, 0.25) is 10.0 Å². The van der Waals surface area contributed by atoms with Crippen LogP contribution < -0.4 is 10.2 Å². The summed E-state index contributed by atoms with van der Waals surface area (Å²) in [6, 6.07) is 12.8. The monoisotopic (exact) mass is 392 g/mol. The summed E-state index contributed by atoms with van der Waals surface area (Å²) in [6.45, 7) is 2.46. The molecule has 3 rings (SSSR count). The number of halogens is 2. The summed E-state index contributed by atoms with van der Waals surface area (Å²) in [5.41, 5.74) is 3.28. The average Bonchev–Trinajstić information content (AvgIpc) is 2.92. The molecular formula is C18H14Cl2N2O2S. The third-order valence-electron chi connectivity index (χ3n) is 3.39. The van der Waals surface area contributed by atoms with Gasteiger partial charge in [-0.3, -0.25) is 4.79 Å². The van der Waals surface area contributed by atoms with Gasteiger partial charge in [0.2, 0.25) is 0 Å². The Hall–Kier alpha value is -2.08. The number of ether oxygens (including phenoxy) is 1. The largest absolute Gasteiger partial charge is 0.493 e. The Morgan fingerprint density at radius 2 is 2.08 bits per heavy atom. The van der Waals surface area contributed by atoms with Crippen molar-refractivity contribution >= 4 is 56.7 Å². The van der Waals surface area contributed by atoms with Crippen molar-refractivity contribution in [3.63, 3.8) is 0 Å². The van der Waals surface area contributed by atoms with E-state index in [9.17, 15) is 4.79 Å². The van der Waals surface area contributed by atoms with Crippen molar-refractivity contribution < 1.29 is 9.53 Å². The summed E-state index contributed by atoms with van der Waals surface area (Å²) in [7, 11) is 0. The topological polar surface area (TPSA) is 50.7 Å². The molecule has 7 heteroatoms. The van der Waals surface area contributed by atoms with E-state index in [4.69, 9.17) is 27.9 Å². The Kier molecular flexibility index (Phi) is 5.58. The van der Waals surface area contributed by atoms with Crippen molar-refractivity contribution in [1.82, 2.24) is 5.43 Å². The van der Waals surface area contributed by atoms with Crippen LogP contribution >= 0.6 is 34.5 Å². The van der Waals surface area contributed by atoms with Crippen molar-refractivity contribution in [2.75, 3.05) is 6.61 Å². The Labute approximate surface area is 159 Å². The first-order valence-electron chi connectivity index (χ1n) is 7.53. The standard InChI is InChI=1S/C18H14Cl2N2O2S/c1-2-24-14-6-4-3-5-11(14)10-21-22-18(23)17-16(20)13-8-7-12(19)9-15(13)25-17/h3-10H,2H2,1H3,(H,22,23)/b21-10+. The number of nitrogens with zero attached hydrogens (tertiary/aromatic N) is 1. The van der Waals surface area contributed by atoms with Gasteiger partial charge in [-0.1, -0.05) is 41.4 Å². The van der Waals surface area contributed by atoms with E-state index in [0.717, 1.165) is 15.6 Å². The number of hydrogen-bond donors (Lipinski definition) is 1. The smallest absolute Gasteiger partial charge is 0.283 e. The Morgan fingerprint density at radius 1 is 1.28 bits per heavy atom. The van der Waals surface area contributed by atoms with Crippen LogP contribution in [0.1, 0.15) is 22.2 Å². The molecule has 1 N–H and O–H groups in total. The number of fused-ring (bicyclic) bond motifs is 1. The molecule has 0 saturated heterocycles. The van der Waals surface area contributed by atoms with Gasteiger partial charge in [0, 0.05) is 20.7 Å². The SMILES string of the molecule is CCOc1ccccc1/C=N/NC(=O)c1sc2cc(Cl)ccc2c1Cl. The van der Waals surface area contributed by atoms with Gasteiger partial charge in [-0.05, 0) is 31.2 Å². The van der Waals surface area contributed by atoms with Crippen molar-refractivity contribution in [2.45, 2.75) is 6.92 Å². The second-order valence-electron chi connectivity index (χ2n) is 5.06. The first-order valence-corrected chi connectivity index (χ1v) is 9.10. The zero-order chi connectivity index (χ0) is 17.8. The maximum Gasteiger partial charge on any atom is 0.283 e. The number of nitrogens with one attached hydrogen (secondary N) is 1. The highest BCUT2D eigenvalue weighted by Gasteiger charge is 2.16. The molecule has 1 amide bonds. The number of hydrazone groups is 1. The molecule has 0 saturated carbocycles. The zero-order valence-corrected chi connectivity index (χ0v) is 15.6. The molecular weight excluding hydrogens is 379 g/mol. The highest BCUT2D eigenvalue weighted by molar-refractivity contribution is 7.21. The maximum atomic E-state index is 12.4. The first kappa shape index (κ1) is 17.7. The van der Waals surface area contributed by atoms with Crippen LogP contribution in [0, 0.1) is 0 Å². The fourth-order valence-electron chi connectivity index (χ4n) is 2.27. The molecule has 1 heterocycles. The highest BCUT2D eigenvalue weighted by Crippen LogP contribution is 2.36. The van der Waals surface area contributed by atoms with Crippen LogP contribution in [0.25, 0.3) is 10.1 Å². The lowest BCUT2D eigenvalue weighted by molar-refractivity contribution is 0.0959. The molecule has 0 unspecified atom stereocenters. The molecule has 3 aromatic rings. The van der Waals surface area contributed by atoms with Gasteiger partial charge in [-0.2, -0.15) is 5.10 Å². The van der Waals surface area contributed by atoms with Crippen LogP contribution in [-0.2, 0) is 0 Å². The molecule has 0 aliphatic rings. The molecule has 0 aliphatic carbocycles. The van der Waals surface area contributed by atoms with E-state index in [1.54, 1.807) is 24.4 Å².